The summed E-state index contributed by atoms with van der Waals surface area (Å²) in [6.07, 6.45) is 3.88. The van der Waals surface area contributed by atoms with Gasteiger partial charge in [-0.25, -0.2) is 9.50 Å². The van der Waals surface area contributed by atoms with Gasteiger partial charge in [0.1, 0.15) is 23.0 Å². The van der Waals surface area contributed by atoms with Gasteiger partial charge in [0.15, 0.2) is 5.65 Å². The lowest BCUT2D eigenvalue weighted by Crippen LogP contribution is -2.22. The summed E-state index contributed by atoms with van der Waals surface area (Å²) in [5.41, 5.74) is 3.66. The second-order valence-electron chi connectivity index (χ2n) is 7.56. The standard InChI is InChI=1S/C19H22N6O/c1-10(2)16-17(22-18-13(8-20)9-21-25(18)19(16)26)14-7-15(12-5-6-12)24(23-14)11(3)4/h7,9-12,21H,5-6H2,1-4H3. The monoisotopic (exact) mass is 350 g/mol. The Balaban J connectivity index is 2.02. The molecule has 0 amide bonds. The quantitative estimate of drug-likeness (QED) is 0.781. The van der Waals surface area contributed by atoms with Crippen LogP contribution in [0.3, 0.4) is 0 Å². The molecule has 0 spiro atoms. The summed E-state index contributed by atoms with van der Waals surface area (Å²) >= 11 is 0. The van der Waals surface area contributed by atoms with Gasteiger partial charge in [-0.05, 0) is 38.7 Å². The van der Waals surface area contributed by atoms with E-state index in [0.717, 1.165) is 0 Å². The molecule has 1 aliphatic carbocycles. The average molecular weight is 350 g/mol. The molecule has 0 bridgehead atoms. The highest BCUT2D eigenvalue weighted by molar-refractivity contribution is 5.66. The largest absolute Gasteiger partial charge is 0.295 e. The number of aromatic amines is 1. The van der Waals surface area contributed by atoms with Crippen LogP contribution in [0.15, 0.2) is 17.1 Å². The first kappa shape index (κ1) is 16.6. The van der Waals surface area contributed by atoms with Crippen molar-refractivity contribution < 1.29 is 0 Å². The molecule has 3 aromatic heterocycles. The zero-order chi connectivity index (χ0) is 18.6. The summed E-state index contributed by atoms with van der Waals surface area (Å²) in [6.45, 7) is 8.17. The van der Waals surface area contributed by atoms with Gasteiger partial charge in [-0.1, -0.05) is 13.8 Å². The maximum atomic E-state index is 13.0. The fourth-order valence-electron chi connectivity index (χ4n) is 3.45. The molecule has 0 unspecified atom stereocenters. The number of nitrogens with zero attached hydrogens (tertiary/aromatic N) is 5. The van der Waals surface area contributed by atoms with Crippen LogP contribution < -0.4 is 5.56 Å². The van der Waals surface area contributed by atoms with Crippen LogP contribution in [-0.2, 0) is 0 Å². The van der Waals surface area contributed by atoms with Gasteiger partial charge in [0, 0.05) is 29.4 Å². The van der Waals surface area contributed by atoms with Crippen molar-refractivity contribution in [3.8, 4) is 17.5 Å². The smallest absolute Gasteiger partial charge is 0.276 e. The Morgan fingerprint density at radius 2 is 2.04 bits per heavy atom. The topological polar surface area (TPSA) is 91.8 Å². The van der Waals surface area contributed by atoms with Gasteiger partial charge >= 0.3 is 0 Å². The minimum atomic E-state index is -0.173. The second kappa shape index (κ2) is 5.84. The molecule has 134 valence electrons. The van der Waals surface area contributed by atoms with E-state index in [4.69, 9.17) is 5.10 Å². The number of nitrogens with one attached hydrogen (secondary N) is 1. The van der Waals surface area contributed by atoms with E-state index < -0.39 is 0 Å². The predicted molar refractivity (Wildman–Crippen MR) is 98.2 cm³/mol. The van der Waals surface area contributed by atoms with Crippen molar-refractivity contribution in [1.29, 1.82) is 5.26 Å². The fourth-order valence-corrected chi connectivity index (χ4v) is 3.45. The first-order valence-electron chi connectivity index (χ1n) is 9.06. The van der Waals surface area contributed by atoms with E-state index in [2.05, 4.69) is 36.1 Å². The Bertz CT molecular complexity index is 1070. The van der Waals surface area contributed by atoms with Crippen molar-refractivity contribution in [3.05, 3.63) is 39.4 Å². The minimum absolute atomic E-state index is 0.00990. The minimum Gasteiger partial charge on any atom is -0.295 e. The number of rotatable bonds is 4. The molecule has 1 aliphatic rings. The summed E-state index contributed by atoms with van der Waals surface area (Å²) in [4.78, 5) is 17.7. The van der Waals surface area contributed by atoms with Crippen LogP contribution in [0.4, 0.5) is 0 Å². The zero-order valence-electron chi connectivity index (χ0n) is 15.4. The summed E-state index contributed by atoms with van der Waals surface area (Å²) in [6, 6.07) is 4.40. The average Bonchev–Trinajstić information content (AvgIpc) is 3.19. The molecule has 0 atom stereocenters. The van der Waals surface area contributed by atoms with Crippen molar-refractivity contribution in [2.45, 2.75) is 58.4 Å². The molecule has 7 heteroatoms. The maximum absolute atomic E-state index is 13.0. The molecule has 4 rings (SSSR count). The number of aromatic nitrogens is 5. The molecule has 0 saturated heterocycles. The van der Waals surface area contributed by atoms with E-state index in [1.54, 1.807) is 0 Å². The third kappa shape index (κ3) is 2.45. The first-order chi connectivity index (χ1) is 12.4. The van der Waals surface area contributed by atoms with Crippen LogP contribution in [-0.4, -0.2) is 24.4 Å². The molecule has 1 fully saturated rings. The van der Waals surface area contributed by atoms with Crippen LogP contribution >= 0.6 is 0 Å². The Labute approximate surface area is 151 Å². The lowest BCUT2D eigenvalue weighted by Gasteiger charge is -2.11. The third-order valence-corrected chi connectivity index (χ3v) is 4.89. The van der Waals surface area contributed by atoms with Crippen LogP contribution in [0, 0.1) is 11.3 Å². The Kier molecular flexibility index (Phi) is 3.72. The van der Waals surface area contributed by atoms with E-state index >= 15 is 0 Å². The van der Waals surface area contributed by atoms with E-state index in [1.165, 1.54) is 29.2 Å². The third-order valence-electron chi connectivity index (χ3n) is 4.89. The van der Waals surface area contributed by atoms with Crippen LogP contribution in [0.1, 0.15) is 75.2 Å². The lowest BCUT2D eigenvalue weighted by atomic mass is 10.0. The number of hydrogen-bond acceptors (Lipinski definition) is 4. The van der Waals surface area contributed by atoms with E-state index in [0.29, 0.717) is 34.1 Å². The number of hydrogen-bond donors (Lipinski definition) is 1. The molecule has 0 radical (unpaired) electrons. The van der Waals surface area contributed by atoms with E-state index in [-0.39, 0.29) is 17.5 Å². The van der Waals surface area contributed by atoms with Crippen molar-refractivity contribution >= 4 is 5.65 Å². The van der Waals surface area contributed by atoms with E-state index in [9.17, 15) is 10.1 Å². The molecule has 1 N–H and O–H groups in total. The summed E-state index contributed by atoms with van der Waals surface area (Å²) < 4.78 is 3.39. The molecule has 0 aliphatic heterocycles. The van der Waals surface area contributed by atoms with Crippen molar-refractivity contribution in [1.82, 2.24) is 24.4 Å². The molecule has 3 heterocycles. The fraction of sp³-hybridized carbons (Fsp3) is 0.474. The number of H-pyrrole nitrogens is 1. The van der Waals surface area contributed by atoms with Gasteiger partial charge in [-0.3, -0.25) is 14.6 Å². The molecular weight excluding hydrogens is 328 g/mol. The zero-order valence-corrected chi connectivity index (χ0v) is 15.4. The molecule has 0 aromatic carbocycles. The van der Waals surface area contributed by atoms with Crippen LogP contribution in [0.5, 0.6) is 0 Å². The van der Waals surface area contributed by atoms with Crippen molar-refractivity contribution in [2.24, 2.45) is 0 Å². The summed E-state index contributed by atoms with van der Waals surface area (Å²) in [5, 5.41) is 16.9. The highest BCUT2D eigenvalue weighted by Gasteiger charge is 2.30. The Morgan fingerprint density at radius 3 is 2.62 bits per heavy atom. The van der Waals surface area contributed by atoms with Crippen molar-refractivity contribution in [3.63, 3.8) is 0 Å². The van der Waals surface area contributed by atoms with Gasteiger partial charge in [-0.2, -0.15) is 10.4 Å². The Morgan fingerprint density at radius 1 is 1.31 bits per heavy atom. The molecule has 26 heavy (non-hydrogen) atoms. The summed E-state index contributed by atoms with van der Waals surface area (Å²) in [7, 11) is 0. The normalized spacial score (nSPS) is 14.5. The van der Waals surface area contributed by atoms with Gasteiger partial charge in [0.25, 0.3) is 5.56 Å². The van der Waals surface area contributed by atoms with Gasteiger partial charge in [0.2, 0.25) is 0 Å². The van der Waals surface area contributed by atoms with Gasteiger partial charge < -0.3 is 0 Å². The Hall–Kier alpha value is -2.88. The predicted octanol–water partition coefficient (Wildman–Crippen LogP) is 3.34. The molecule has 3 aromatic rings. The first-order valence-corrected chi connectivity index (χ1v) is 9.06. The SMILES string of the molecule is CC(C)c1c(-c2cc(C3CC3)n(C(C)C)n2)nc2c(C#N)c[nH]n2c1=O. The molecule has 7 nitrogen and oxygen atoms in total. The lowest BCUT2D eigenvalue weighted by molar-refractivity contribution is 0.511. The van der Waals surface area contributed by atoms with Crippen molar-refractivity contribution in [2.75, 3.05) is 0 Å². The highest BCUT2D eigenvalue weighted by atomic mass is 16.1. The van der Waals surface area contributed by atoms with Gasteiger partial charge in [0.05, 0.1) is 0 Å². The van der Waals surface area contributed by atoms with E-state index in [1.807, 2.05) is 18.5 Å². The van der Waals surface area contributed by atoms with Crippen LogP contribution in [0.2, 0.25) is 0 Å². The highest BCUT2D eigenvalue weighted by Crippen LogP contribution is 2.42. The molecule has 1 saturated carbocycles. The van der Waals surface area contributed by atoms with Crippen LogP contribution in [0.25, 0.3) is 17.0 Å². The summed E-state index contributed by atoms with van der Waals surface area (Å²) in [5.74, 6) is 0.539. The second-order valence-corrected chi connectivity index (χ2v) is 7.56. The number of fused-ring (bicyclic) bond motifs is 1. The van der Waals surface area contributed by atoms with Gasteiger partial charge in [-0.15, -0.1) is 0 Å². The molecular formula is C19H22N6O. The maximum Gasteiger partial charge on any atom is 0.276 e. The number of nitriles is 1.